The predicted octanol–water partition coefficient (Wildman–Crippen LogP) is 4.93. The van der Waals surface area contributed by atoms with E-state index in [0.717, 1.165) is 5.39 Å². The van der Waals surface area contributed by atoms with Crippen molar-refractivity contribution in [3.8, 4) is 11.5 Å². The van der Waals surface area contributed by atoms with Crippen LogP contribution in [0.4, 0.5) is 5.69 Å². The third kappa shape index (κ3) is 3.08. The van der Waals surface area contributed by atoms with Crippen LogP contribution in [0.3, 0.4) is 0 Å². The average Bonchev–Trinajstić information content (AvgIpc) is 3.15. The summed E-state index contributed by atoms with van der Waals surface area (Å²) in [6.07, 6.45) is 0. The van der Waals surface area contributed by atoms with Crippen molar-refractivity contribution in [1.82, 2.24) is 0 Å². The predicted molar refractivity (Wildman–Crippen MR) is 110 cm³/mol. The Morgan fingerprint density at radius 2 is 1.82 bits per heavy atom. The first-order valence-electron chi connectivity index (χ1n) is 8.20. The molecule has 0 aliphatic rings. The maximum atomic E-state index is 12.8. The lowest BCUT2D eigenvalue weighted by molar-refractivity contribution is 0.103. The van der Waals surface area contributed by atoms with E-state index in [1.165, 1.54) is 31.6 Å². The average molecular weight is 416 g/mol. The molecule has 28 heavy (non-hydrogen) atoms. The van der Waals surface area contributed by atoms with E-state index >= 15 is 0 Å². The molecule has 2 aromatic heterocycles. The number of anilines is 1. The van der Waals surface area contributed by atoms with Gasteiger partial charge in [-0.3, -0.25) is 4.79 Å². The summed E-state index contributed by atoms with van der Waals surface area (Å²) in [6.45, 7) is 0. The molecular formula is C20H14ClNO5S. The van der Waals surface area contributed by atoms with E-state index in [0.29, 0.717) is 42.8 Å². The Kier molecular flexibility index (Phi) is 4.70. The van der Waals surface area contributed by atoms with Crippen molar-refractivity contribution in [2.45, 2.75) is 0 Å². The number of halogens is 1. The van der Waals surface area contributed by atoms with E-state index < -0.39 is 5.63 Å². The smallest absolute Gasteiger partial charge is 0.345 e. The fourth-order valence-electron chi connectivity index (χ4n) is 2.89. The number of hydrogen-bond acceptors (Lipinski definition) is 6. The minimum Gasteiger partial charge on any atom is -0.495 e. The normalized spacial score (nSPS) is 11.0. The number of methoxy groups -OCH3 is 2. The summed E-state index contributed by atoms with van der Waals surface area (Å²) in [5.41, 5.74) is 0.402. The van der Waals surface area contributed by atoms with Crippen LogP contribution in [0.15, 0.2) is 51.7 Å². The number of hydrogen-bond donors (Lipinski definition) is 1. The topological polar surface area (TPSA) is 77.8 Å². The van der Waals surface area contributed by atoms with Gasteiger partial charge in [-0.2, -0.15) is 0 Å². The fraction of sp³-hybridized carbons (Fsp3) is 0.100. The van der Waals surface area contributed by atoms with Gasteiger partial charge in [0, 0.05) is 11.5 Å². The first-order chi connectivity index (χ1) is 13.5. The molecule has 0 spiro atoms. The number of rotatable bonds is 4. The lowest BCUT2D eigenvalue weighted by Crippen LogP contribution is -2.11. The SMILES string of the molecule is COc1cc(OC)c(NC(=O)c2cc3c(=O)oc4ccccc4c3s2)cc1Cl. The molecular weight excluding hydrogens is 402 g/mol. The zero-order chi connectivity index (χ0) is 19.8. The van der Waals surface area contributed by atoms with Gasteiger partial charge in [0.2, 0.25) is 0 Å². The van der Waals surface area contributed by atoms with Crippen LogP contribution in [-0.2, 0) is 0 Å². The summed E-state index contributed by atoms with van der Waals surface area (Å²) in [7, 11) is 2.97. The number of carbonyl (C=O) groups excluding carboxylic acids is 1. The van der Waals surface area contributed by atoms with Crippen molar-refractivity contribution >= 4 is 55.6 Å². The molecule has 142 valence electrons. The molecule has 2 aromatic carbocycles. The number of para-hydroxylation sites is 1. The molecule has 1 N–H and O–H groups in total. The van der Waals surface area contributed by atoms with E-state index in [9.17, 15) is 9.59 Å². The van der Waals surface area contributed by atoms with Crippen LogP contribution in [0, 0.1) is 0 Å². The van der Waals surface area contributed by atoms with Gasteiger partial charge in [0.05, 0.1) is 39.9 Å². The number of benzene rings is 2. The van der Waals surface area contributed by atoms with Crippen molar-refractivity contribution in [1.29, 1.82) is 0 Å². The molecule has 0 unspecified atom stereocenters. The first-order valence-corrected chi connectivity index (χ1v) is 9.39. The van der Waals surface area contributed by atoms with E-state index in [1.807, 2.05) is 12.1 Å². The van der Waals surface area contributed by atoms with Gasteiger partial charge in [0.15, 0.2) is 0 Å². The lowest BCUT2D eigenvalue weighted by atomic mass is 10.2. The fourth-order valence-corrected chi connectivity index (χ4v) is 4.21. The van der Waals surface area contributed by atoms with Gasteiger partial charge in [0.25, 0.3) is 5.91 Å². The summed E-state index contributed by atoms with van der Waals surface area (Å²) in [6, 6.07) is 11.9. The molecule has 0 bridgehead atoms. The Bertz CT molecular complexity index is 1280. The summed E-state index contributed by atoms with van der Waals surface area (Å²) < 4.78 is 16.5. The molecule has 8 heteroatoms. The molecule has 4 rings (SSSR count). The highest BCUT2D eigenvalue weighted by Gasteiger charge is 2.18. The quantitative estimate of drug-likeness (QED) is 0.478. The Balaban J connectivity index is 1.76. The molecule has 2 heterocycles. The molecule has 1 amide bonds. The second kappa shape index (κ2) is 7.18. The van der Waals surface area contributed by atoms with Crippen LogP contribution in [0.2, 0.25) is 5.02 Å². The zero-order valence-electron chi connectivity index (χ0n) is 14.9. The number of carbonyl (C=O) groups is 1. The van der Waals surface area contributed by atoms with Crippen LogP contribution in [-0.4, -0.2) is 20.1 Å². The van der Waals surface area contributed by atoms with Crippen LogP contribution in [0.25, 0.3) is 21.1 Å². The van der Waals surface area contributed by atoms with Gasteiger partial charge in [-0.25, -0.2) is 4.79 Å². The summed E-state index contributed by atoms with van der Waals surface area (Å²) in [5, 5.41) is 4.26. The molecule has 0 atom stereocenters. The Labute approximate surface area is 168 Å². The molecule has 0 fully saturated rings. The van der Waals surface area contributed by atoms with Crippen LogP contribution < -0.4 is 20.4 Å². The molecule has 0 aliphatic heterocycles. The number of ether oxygens (including phenoxy) is 2. The largest absolute Gasteiger partial charge is 0.495 e. The summed E-state index contributed by atoms with van der Waals surface area (Å²) in [5.74, 6) is 0.451. The molecule has 6 nitrogen and oxygen atoms in total. The third-order valence-corrected chi connectivity index (χ3v) is 5.69. The lowest BCUT2D eigenvalue weighted by Gasteiger charge is -2.12. The molecule has 0 radical (unpaired) electrons. The Morgan fingerprint density at radius 1 is 1.07 bits per heavy atom. The molecule has 0 aliphatic carbocycles. The number of thiophene rings is 1. The highest BCUT2D eigenvalue weighted by molar-refractivity contribution is 7.21. The van der Waals surface area contributed by atoms with Crippen LogP contribution in [0.5, 0.6) is 11.5 Å². The monoisotopic (exact) mass is 415 g/mol. The van der Waals surface area contributed by atoms with Crippen molar-refractivity contribution < 1.29 is 18.7 Å². The second-order valence-corrected chi connectivity index (χ2v) is 7.34. The van der Waals surface area contributed by atoms with Gasteiger partial charge in [-0.05, 0) is 24.3 Å². The Morgan fingerprint density at radius 3 is 2.57 bits per heavy atom. The van der Waals surface area contributed by atoms with Crippen LogP contribution in [0.1, 0.15) is 9.67 Å². The number of amides is 1. The van der Waals surface area contributed by atoms with E-state index in [1.54, 1.807) is 24.3 Å². The van der Waals surface area contributed by atoms with E-state index in [2.05, 4.69) is 5.32 Å². The van der Waals surface area contributed by atoms with Crippen molar-refractivity contribution in [3.05, 3.63) is 62.8 Å². The highest BCUT2D eigenvalue weighted by atomic mass is 35.5. The maximum Gasteiger partial charge on any atom is 0.345 e. The Hall–Kier alpha value is -3.03. The van der Waals surface area contributed by atoms with Gasteiger partial charge >= 0.3 is 5.63 Å². The number of fused-ring (bicyclic) bond motifs is 3. The van der Waals surface area contributed by atoms with E-state index in [4.69, 9.17) is 25.5 Å². The van der Waals surface area contributed by atoms with Crippen molar-refractivity contribution in [2.75, 3.05) is 19.5 Å². The first kappa shape index (κ1) is 18.3. The summed E-state index contributed by atoms with van der Waals surface area (Å²) in [4.78, 5) is 25.4. The zero-order valence-corrected chi connectivity index (χ0v) is 16.4. The summed E-state index contributed by atoms with van der Waals surface area (Å²) >= 11 is 7.38. The minimum atomic E-state index is -0.478. The van der Waals surface area contributed by atoms with E-state index in [-0.39, 0.29) is 5.91 Å². The number of nitrogens with one attached hydrogen (secondary N) is 1. The van der Waals surface area contributed by atoms with Gasteiger partial charge in [-0.1, -0.05) is 23.7 Å². The second-order valence-electron chi connectivity index (χ2n) is 5.88. The maximum absolute atomic E-state index is 12.8. The van der Waals surface area contributed by atoms with Gasteiger partial charge < -0.3 is 19.2 Å². The minimum absolute atomic E-state index is 0.335. The van der Waals surface area contributed by atoms with Gasteiger partial charge in [-0.15, -0.1) is 11.3 Å². The molecule has 0 saturated carbocycles. The highest BCUT2D eigenvalue weighted by Crippen LogP contribution is 2.37. The molecule has 0 saturated heterocycles. The standard InChI is InChI=1S/C20H14ClNO5S/c1-25-15-9-16(26-2)13(8-12(15)21)22-19(23)17-7-11-18(28-17)10-5-3-4-6-14(10)27-20(11)24/h3-9H,1-2H3,(H,22,23). The third-order valence-electron chi connectivity index (χ3n) is 4.23. The van der Waals surface area contributed by atoms with Crippen molar-refractivity contribution in [2.24, 2.45) is 0 Å². The molecule has 4 aromatic rings. The van der Waals surface area contributed by atoms with Gasteiger partial charge in [0.1, 0.15) is 17.1 Å². The van der Waals surface area contributed by atoms with Crippen LogP contribution >= 0.6 is 22.9 Å². The van der Waals surface area contributed by atoms with Crippen molar-refractivity contribution in [3.63, 3.8) is 0 Å².